The average Bonchev–Trinajstić information content (AvgIpc) is 3.23. The van der Waals surface area contributed by atoms with Crippen LogP contribution in [0.2, 0.25) is 0 Å². The lowest BCUT2D eigenvalue weighted by Crippen LogP contribution is -2.13. The molecule has 5 rings (SSSR count). The van der Waals surface area contributed by atoms with Crippen molar-refractivity contribution in [2.45, 2.75) is 52.9 Å². The summed E-state index contributed by atoms with van der Waals surface area (Å²) in [6, 6.07) is 20.5. The van der Waals surface area contributed by atoms with Crippen LogP contribution in [0.4, 0.5) is 0 Å². The molecule has 0 amide bonds. The number of rotatable bonds is 4. The Bertz CT molecular complexity index is 1410. The fourth-order valence-electron chi connectivity index (χ4n) is 5.61. The molecular weight excluding hydrogens is 416 g/mol. The van der Waals surface area contributed by atoms with Crippen molar-refractivity contribution < 1.29 is 9.47 Å². The highest BCUT2D eigenvalue weighted by Gasteiger charge is 2.24. The van der Waals surface area contributed by atoms with Gasteiger partial charge in [0.15, 0.2) is 0 Å². The fourth-order valence-corrected chi connectivity index (χ4v) is 5.61. The van der Waals surface area contributed by atoms with Gasteiger partial charge in [-0.05, 0) is 112 Å². The van der Waals surface area contributed by atoms with Gasteiger partial charge in [-0.2, -0.15) is 0 Å². The van der Waals surface area contributed by atoms with Crippen molar-refractivity contribution in [3.8, 4) is 33.8 Å². The molecule has 0 saturated heterocycles. The summed E-state index contributed by atoms with van der Waals surface area (Å²) in [5, 5.41) is 2.80. The molecule has 0 heterocycles. The van der Waals surface area contributed by atoms with Gasteiger partial charge < -0.3 is 9.47 Å². The van der Waals surface area contributed by atoms with Crippen molar-refractivity contribution in [1.29, 1.82) is 0 Å². The van der Waals surface area contributed by atoms with Gasteiger partial charge in [0, 0.05) is 5.56 Å². The summed E-state index contributed by atoms with van der Waals surface area (Å²) in [5.41, 5.74) is 11.5. The zero-order valence-electron chi connectivity index (χ0n) is 21.4. The SMILES string of the molecule is COc1ccc(-c2ccc3c4c(ccc(-c5cc(C)c(OC)c(C(C)(C)C)c5)c24)CC3)cc1C. The molecule has 0 saturated carbocycles. The van der Waals surface area contributed by atoms with E-state index in [9.17, 15) is 0 Å². The largest absolute Gasteiger partial charge is 0.496 e. The highest BCUT2D eigenvalue weighted by molar-refractivity contribution is 6.10. The second-order valence-corrected chi connectivity index (χ2v) is 10.6. The summed E-state index contributed by atoms with van der Waals surface area (Å²) in [7, 11) is 3.51. The standard InChI is InChI=1S/C32H34O2/c1-19-16-23(12-15-28(19)33-6)25-13-10-21-8-9-22-11-14-26(30(25)29(21)22)24-17-20(2)31(34-7)27(18-24)32(3,4)5/h10-18H,8-9H2,1-7H3. The van der Waals surface area contributed by atoms with Crippen molar-refractivity contribution in [2.24, 2.45) is 0 Å². The van der Waals surface area contributed by atoms with Crippen molar-refractivity contribution in [3.05, 3.63) is 82.4 Å². The van der Waals surface area contributed by atoms with Crippen LogP contribution >= 0.6 is 0 Å². The van der Waals surface area contributed by atoms with Gasteiger partial charge in [0.2, 0.25) is 0 Å². The Morgan fingerprint density at radius 1 is 0.647 bits per heavy atom. The topological polar surface area (TPSA) is 18.5 Å². The number of hydrogen-bond donors (Lipinski definition) is 0. The quantitative estimate of drug-likeness (QED) is 0.312. The van der Waals surface area contributed by atoms with E-state index >= 15 is 0 Å². The lowest BCUT2D eigenvalue weighted by atomic mass is 9.82. The summed E-state index contributed by atoms with van der Waals surface area (Å²) in [4.78, 5) is 0. The minimum absolute atomic E-state index is 0.0170. The number of ether oxygens (including phenoxy) is 2. The molecule has 0 fully saturated rings. The van der Waals surface area contributed by atoms with Crippen LogP contribution < -0.4 is 9.47 Å². The number of aryl methyl sites for hydroxylation is 4. The maximum absolute atomic E-state index is 5.85. The van der Waals surface area contributed by atoms with Gasteiger partial charge in [-0.15, -0.1) is 0 Å². The van der Waals surface area contributed by atoms with E-state index in [2.05, 4.69) is 89.2 Å². The van der Waals surface area contributed by atoms with Crippen LogP contribution in [0.25, 0.3) is 33.0 Å². The fraction of sp³-hybridized carbons (Fsp3) is 0.312. The van der Waals surface area contributed by atoms with E-state index in [1.54, 1.807) is 14.2 Å². The smallest absolute Gasteiger partial charge is 0.125 e. The second kappa shape index (κ2) is 8.20. The molecule has 0 radical (unpaired) electrons. The van der Waals surface area contributed by atoms with Crippen molar-refractivity contribution in [1.82, 2.24) is 0 Å². The lowest BCUT2D eigenvalue weighted by Gasteiger charge is -2.25. The molecular formula is C32H34O2. The van der Waals surface area contributed by atoms with Crippen LogP contribution in [-0.4, -0.2) is 14.2 Å². The first-order chi connectivity index (χ1) is 16.2. The summed E-state index contributed by atoms with van der Waals surface area (Å²) >= 11 is 0. The van der Waals surface area contributed by atoms with Crippen LogP contribution in [0.3, 0.4) is 0 Å². The summed E-state index contributed by atoms with van der Waals surface area (Å²) in [6.07, 6.45) is 2.23. The van der Waals surface area contributed by atoms with E-state index in [4.69, 9.17) is 9.47 Å². The van der Waals surface area contributed by atoms with E-state index in [0.717, 1.165) is 29.9 Å². The molecule has 174 valence electrons. The Labute approximate surface area is 203 Å². The minimum Gasteiger partial charge on any atom is -0.496 e. The Balaban J connectivity index is 1.84. The molecule has 4 aromatic carbocycles. The average molecular weight is 451 g/mol. The second-order valence-electron chi connectivity index (χ2n) is 10.6. The van der Waals surface area contributed by atoms with E-state index in [-0.39, 0.29) is 5.41 Å². The van der Waals surface area contributed by atoms with Crippen LogP contribution in [0.15, 0.2) is 54.6 Å². The molecule has 2 heteroatoms. The molecule has 0 atom stereocenters. The number of hydrogen-bond acceptors (Lipinski definition) is 2. The van der Waals surface area contributed by atoms with E-state index in [1.165, 1.54) is 55.3 Å². The Hall–Kier alpha value is -3.26. The monoisotopic (exact) mass is 450 g/mol. The van der Waals surface area contributed by atoms with Gasteiger partial charge in [-0.1, -0.05) is 51.1 Å². The molecule has 2 nitrogen and oxygen atoms in total. The number of benzene rings is 4. The van der Waals surface area contributed by atoms with Gasteiger partial charge >= 0.3 is 0 Å². The van der Waals surface area contributed by atoms with Crippen LogP contribution in [0.1, 0.15) is 48.6 Å². The molecule has 0 aliphatic heterocycles. The summed E-state index contributed by atoms with van der Waals surface area (Å²) in [5.74, 6) is 1.92. The van der Waals surface area contributed by atoms with Gasteiger partial charge in [0.1, 0.15) is 11.5 Å². The molecule has 1 aliphatic carbocycles. The molecule has 0 spiro atoms. The van der Waals surface area contributed by atoms with E-state index in [0.29, 0.717) is 0 Å². The molecule has 34 heavy (non-hydrogen) atoms. The predicted molar refractivity (Wildman–Crippen MR) is 144 cm³/mol. The Morgan fingerprint density at radius 2 is 1.26 bits per heavy atom. The highest BCUT2D eigenvalue weighted by atomic mass is 16.5. The van der Waals surface area contributed by atoms with Gasteiger partial charge in [-0.3, -0.25) is 0 Å². The first kappa shape index (κ1) is 22.5. The molecule has 0 aromatic heterocycles. The van der Waals surface area contributed by atoms with Crippen molar-refractivity contribution in [2.75, 3.05) is 14.2 Å². The molecule has 0 unspecified atom stereocenters. The van der Waals surface area contributed by atoms with Crippen LogP contribution in [0, 0.1) is 13.8 Å². The molecule has 1 aliphatic rings. The maximum Gasteiger partial charge on any atom is 0.125 e. The van der Waals surface area contributed by atoms with Gasteiger partial charge in [-0.25, -0.2) is 0 Å². The Morgan fingerprint density at radius 3 is 1.82 bits per heavy atom. The predicted octanol–water partition coefficient (Wildman–Crippen LogP) is 8.20. The third-order valence-electron chi connectivity index (χ3n) is 7.30. The Kier molecular flexibility index (Phi) is 5.43. The van der Waals surface area contributed by atoms with Crippen molar-refractivity contribution >= 4 is 10.8 Å². The highest BCUT2D eigenvalue weighted by Crippen LogP contribution is 2.45. The van der Waals surface area contributed by atoms with Crippen LogP contribution in [-0.2, 0) is 18.3 Å². The first-order valence-electron chi connectivity index (χ1n) is 12.1. The van der Waals surface area contributed by atoms with E-state index in [1.807, 2.05) is 0 Å². The maximum atomic E-state index is 5.85. The zero-order chi connectivity index (χ0) is 24.2. The number of methoxy groups -OCH3 is 2. The summed E-state index contributed by atoms with van der Waals surface area (Å²) < 4.78 is 11.4. The first-order valence-corrected chi connectivity index (χ1v) is 12.1. The van der Waals surface area contributed by atoms with Gasteiger partial charge in [0.25, 0.3) is 0 Å². The summed E-state index contributed by atoms with van der Waals surface area (Å²) in [6.45, 7) is 11.0. The van der Waals surface area contributed by atoms with E-state index < -0.39 is 0 Å². The normalized spacial score (nSPS) is 12.9. The zero-order valence-corrected chi connectivity index (χ0v) is 21.4. The van der Waals surface area contributed by atoms with Crippen LogP contribution in [0.5, 0.6) is 11.5 Å². The molecule has 4 aromatic rings. The van der Waals surface area contributed by atoms with Gasteiger partial charge in [0.05, 0.1) is 14.2 Å². The lowest BCUT2D eigenvalue weighted by molar-refractivity contribution is 0.394. The third kappa shape index (κ3) is 3.57. The molecule has 0 bridgehead atoms. The third-order valence-corrected chi connectivity index (χ3v) is 7.30. The van der Waals surface area contributed by atoms with Crippen molar-refractivity contribution in [3.63, 3.8) is 0 Å². The molecule has 0 N–H and O–H groups in total. The minimum atomic E-state index is -0.0170.